The van der Waals surface area contributed by atoms with Crippen LogP contribution < -0.4 is 10.6 Å². The second-order valence-corrected chi connectivity index (χ2v) is 4.66. The third-order valence-corrected chi connectivity index (χ3v) is 3.06. The fourth-order valence-corrected chi connectivity index (χ4v) is 1.97. The van der Waals surface area contributed by atoms with Gasteiger partial charge in [0.25, 0.3) is 5.91 Å². The molecule has 19 heavy (non-hydrogen) atoms. The van der Waals surface area contributed by atoms with Crippen LogP contribution in [0.3, 0.4) is 0 Å². The highest BCUT2D eigenvalue weighted by molar-refractivity contribution is 7.17. The lowest BCUT2D eigenvalue weighted by Gasteiger charge is -1.99. The van der Waals surface area contributed by atoms with Crippen molar-refractivity contribution in [1.29, 1.82) is 0 Å². The van der Waals surface area contributed by atoms with Crippen molar-refractivity contribution in [3.05, 3.63) is 17.2 Å². The number of nitrogens with one attached hydrogen (secondary N) is 2. The monoisotopic (exact) mass is 282 g/mol. The molecule has 0 fully saturated rings. The van der Waals surface area contributed by atoms with E-state index >= 15 is 0 Å². The van der Waals surface area contributed by atoms with Crippen LogP contribution in [-0.4, -0.2) is 39.3 Å². The second kappa shape index (κ2) is 6.78. The number of aromatic nitrogens is 4. The summed E-state index contributed by atoms with van der Waals surface area (Å²) in [4.78, 5) is 15.6. The number of carbonyl (C=O) groups excluding carboxylic acids is 1. The van der Waals surface area contributed by atoms with Gasteiger partial charge in [-0.2, -0.15) is 4.98 Å². The maximum absolute atomic E-state index is 11.8. The Balaban J connectivity index is 1.77. The molecule has 0 aromatic carbocycles. The van der Waals surface area contributed by atoms with E-state index in [4.69, 9.17) is 4.52 Å². The molecule has 0 aliphatic carbocycles. The van der Waals surface area contributed by atoms with Gasteiger partial charge in [0.1, 0.15) is 0 Å². The Bertz CT molecular complexity index is 512. The van der Waals surface area contributed by atoms with Gasteiger partial charge in [-0.3, -0.25) is 4.79 Å². The van der Waals surface area contributed by atoms with Crippen molar-refractivity contribution in [3.63, 3.8) is 0 Å². The number of carbonyl (C=O) groups is 1. The first-order chi connectivity index (χ1) is 9.29. The molecule has 2 heterocycles. The molecular weight excluding hydrogens is 268 g/mol. The van der Waals surface area contributed by atoms with E-state index in [0.29, 0.717) is 29.0 Å². The van der Waals surface area contributed by atoms with Crippen LogP contribution in [0.25, 0.3) is 0 Å². The smallest absolute Gasteiger partial charge is 0.282 e. The molecule has 0 saturated carbocycles. The topological polar surface area (TPSA) is 106 Å². The van der Waals surface area contributed by atoms with Gasteiger partial charge in [0.05, 0.1) is 0 Å². The van der Waals surface area contributed by atoms with Gasteiger partial charge in [-0.05, 0) is 6.42 Å². The minimum Gasteiger partial charge on any atom is -0.360 e. The molecule has 0 aliphatic rings. The van der Waals surface area contributed by atoms with Crippen LogP contribution in [0.15, 0.2) is 10.9 Å². The predicted molar refractivity (Wildman–Crippen MR) is 69.0 cm³/mol. The lowest BCUT2D eigenvalue weighted by molar-refractivity contribution is 0.0952. The minimum atomic E-state index is -0.249. The van der Waals surface area contributed by atoms with E-state index in [1.165, 1.54) is 17.7 Å². The maximum Gasteiger partial charge on any atom is 0.282 e. The van der Waals surface area contributed by atoms with Gasteiger partial charge in [0.2, 0.25) is 16.0 Å². The Hall–Kier alpha value is -2.03. The molecule has 2 N–H and O–H groups in total. The lowest BCUT2D eigenvalue weighted by Crippen LogP contribution is -2.25. The highest BCUT2D eigenvalue weighted by Crippen LogP contribution is 2.14. The third-order valence-electron chi connectivity index (χ3n) is 2.18. The fraction of sp³-hybridized carbons (Fsp3) is 0.500. The fourth-order valence-electron chi connectivity index (χ4n) is 1.28. The summed E-state index contributed by atoms with van der Waals surface area (Å²) in [6.45, 7) is 3.28. The van der Waals surface area contributed by atoms with Gasteiger partial charge in [0.15, 0.2) is 6.33 Å². The number of hydrogen-bond acceptors (Lipinski definition) is 8. The maximum atomic E-state index is 11.8. The number of anilines is 1. The molecule has 102 valence electrons. The number of rotatable bonds is 7. The van der Waals surface area contributed by atoms with Crippen LogP contribution in [0.4, 0.5) is 5.13 Å². The first-order valence-corrected chi connectivity index (χ1v) is 6.72. The van der Waals surface area contributed by atoms with Gasteiger partial charge in [-0.25, -0.2) is 0 Å². The standard InChI is InChI=1S/C10H14N6O2S/c1-2-4-12-10-16-15-9(19-10)8(17)11-5-3-7-13-6-14-18-7/h6H,2-5H2,1H3,(H,11,17)(H,12,16). The molecule has 0 bridgehead atoms. The predicted octanol–water partition coefficient (Wildman–Crippen LogP) is 0.715. The molecule has 0 spiro atoms. The van der Waals surface area contributed by atoms with Crippen LogP contribution in [0.1, 0.15) is 29.0 Å². The van der Waals surface area contributed by atoms with E-state index in [-0.39, 0.29) is 5.91 Å². The van der Waals surface area contributed by atoms with Gasteiger partial charge < -0.3 is 15.2 Å². The Labute approximate surface area is 113 Å². The molecule has 0 atom stereocenters. The third kappa shape index (κ3) is 3.98. The molecule has 2 aromatic rings. The molecule has 0 unspecified atom stereocenters. The van der Waals surface area contributed by atoms with Gasteiger partial charge in [0, 0.05) is 19.5 Å². The highest BCUT2D eigenvalue weighted by Gasteiger charge is 2.12. The molecule has 2 rings (SSSR count). The van der Waals surface area contributed by atoms with Crippen molar-refractivity contribution in [2.75, 3.05) is 18.4 Å². The Morgan fingerprint density at radius 1 is 1.42 bits per heavy atom. The van der Waals surface area contributed by atoms with Crippen LogP contribution in [-0.2, 0) is 6.42 Å². The molecule has 0 radical (unpaired) electrons. The summed E-state index contributed by atoms with van der Waals surface area (Å²) in [5.41, 5.74) is 0. The average molecular weight is 282 g/mol. The van der Waals surface area contributed by atoms with Crippen molar-refractivity contribution < 1.29 is 9.32 Å². The summed E-state index contributed by atoms with van der Waals surface area (Å²) in [5, 5.41) is 18.0. The first kappa shape index (κ1) is 13.4. The summed E-state index contributed by atoms with van der Waals surface area (Å²) >= 11 is 1.23. The highest BCUT2D eigenvalue weighted by atomic mass is 32.1. The van der Waals surface area contributed by atoms with Crippen LogP contribution in [0, 0.1) is 0 Å². The zero-order chi connectivity index (χ0) is 13.5. The van der Waals surface area contributed by atoms with Crippen molar-refractivity contribution in [3.8, 4) is 0 Å². The van der Waals surface area contributed by atoms with Crippen LogP contribution in [0.2, 0.25) is 0 Å². The van der Waals surface area contributed by atoms with Crippen molar-refractivity contribution in [1.82, 2.24) is 25.7 Å². The van der Waals surface area contributed by atoms with Crippen molar-refractivity contribution in [2.45, 2.75) is 19.8 Å². The number of hydrogen-bond donors (Lipinski definition) is 2. The number of nitrogens with zero attached hydrogens (tertiary/aromatic N) is 4. The van der Waals surface area contributed by atoms with Gasteiger partial charge in [-0.15, -0.1) is 10.2 Å². The van der Waals surface area contributed by atoms with Crippen LogP contribution in [0.5, 0.6) is 0 Å². The molecule has 0 saturated heterocycles. The van der Waals surface area contributed by atoms with E-state index in [1.807, 2.05) is 0 Å². The first-order valence-electron chi connectivity index (χ1n) is 5.90. The minimum absolute atomic E-state index is 0.249. The molecule has 0 aliphatic heterocycles. The summed E-state index contributed by atoms with van der Waals surface area (Å²) in [6.07, 6.45) is 2.81. The largest absolute Gasteiger partial charge is 0.360 e. The summed E-state index contributed by atoms with van der Waals surface area (Å²) in [6, 6.07) is 0. The lowest BCUT2D eigenvalue weighted by atomic mass is 10.4. The SMILES string of the molecule is CCCNc1nnc(C(=O)NCCc2ncno2)s1. The summed E-state index contributed by atoms with van der Waals surface area (Å²) in [5.74, 6) is 0.240. The zero-order valence-corrected chi connectivity index (χ0v) is 11.2. The van der Waals surface area contributed by atoms with Crippen molar-refractivity contribution in [2.24, 2.45) is 0 Å². The van der Waals surface area contributed by atoms with Gasteiger partial charge in [-0.1, -0.05) is 23.4 Å². The summed E-state index contributed by atoms with van der Waals surface area (Å²) < 4.78 is 4.82. The molecule has 8 nitrogen and oxygen atoms in total. The van der Waals surface area contributed by atoms with Crippen molar-refractivity contribution >= 4 is 22.4 Å². The van der Waals surface area contributed by atoms with E-state index in [1.54, 1.807) is 0 Å². The van der Waals surface area contributed by atoms with Crippen LogP contribution >= 0.6 is 11.3 Å². The molecule has 9 heteroatoms. The van der Waals surface area contributed by atoms with Gasteiger partial charge >= 0.3 is 0 Å². The molecule has 2 aromatic heterocycles. The summed E-state index contributed by atoms with van der Waals surface area (Å²) in [7, 11) is 0. The molecular formula is C10H14N6O2S. The molecule has 1 amide bonds. The average Bonchev–Trinajstić information content (AvgIpc) is 3.07. The van der Waals surface area contributed by atoms with E-state index in [2.05, 4.69) is 37.9 Å². The Morgan fingerprint density at radius 3 is 3.05 bits per heavy atom. The Morgan fingerprint density at radius 2 is 2.32 bits per heavy atom. The Kier molecular flexibility index (Phi) is 4.78. The normalized spacial score (nSPS) is 10.4. The second-order valence-electron chi connectivity index (χ2n) is 3.68. The van der Waals surface area contributed by atoms with E-state index in [9.17, 15) is 4.79 Å². The van der Waals surface area contributed by atoms with E-state index in [0.717, 1.165) is 13.0 Å². The quantitative estimate of drug-likeness (QED) is 0.770. The number of amides is 1. The zero-order valence-electron chi connectivity index (χ0n) is 10.4. The van der Waals surface area contributed by atoms with E-state index < -0.39 is 0 Å².